The average molecular weight is 463 g/mol. The molecule has 0 unspecified atom stereocenters. The maximum atomic E-state index is 12.3. The molecule has 0 fully saturated rings. The number of carbonyl (C=O) groups excluding carboxylic acids is 1. The molecule has 1 aromatic carbocycles. The van der Waals surface area contributed by atoms with E-state index in [9.17, 15) is 14.4 Å². The van der Waals surface area contributed by atoms with Gasteiger partial charge >= 0.3 is 11.9 Å². The molecule has 13 nitrogen and oxygen atoms in total. The first-order valence-electron chi connectivity index (χ1n) is 9.37. The van der Waals surface area contributed by atoms with Crippen LogP contribution < -0.4 is 22.1 Å². The van der Waals surface area contributed by atoms with E-state index in [1.165, 1.54) is 18.3 Å². The summed E-state index contributed by atoms with van der Waals surface area (Å²) in [6.07, 6.45) is 0.931. The summed E-state index contributed by atoms with van der Waals surface area (Å²) < 4.78 is 0. The minimum atomic E-state index is -1.30. The Labute approximate surface area is 209 Å². The number of carboxylic acid groups (broad SMARTS) is 2. The summed E-state index contributed by atoms with van der Waals surface area (Å²) in [7, 11) is 0. The average Bonchev–Trinajstić information content (AvgIpc) is 2.75. The second-order valence-electron chi connectivity index (χ2n) is 6.73. The van der Waals surface area contributed by atoms with E-state index in [0.29, 0.717) is 23.4 Å². The monoisotopic (exact) mass is 463 g/mol. The number of hydrogen-bond acceptors (Lipinski definition) is 10. The minimum Gasteiger partial charge on any atom is -0.481 e. The molecule has 3 aromatic rings. The SMILES string of the molecule is Nc1nc(N)c2nc(CNc3ccc(C(=O)N[C@@H](CCC(=O)O)C(=O)O)cc3)cnc2n1.[Na]. The van der Waals surface area contributed by atoms with Gasteiger partial charge in [0.1, 0.15) is 6.04 Å². The molecule has 3 rings (SSSR count). The summed E-state index contributed by atoms with van der Waals surface area (Å²) in [5, 5.41) is 23.3. The number of nitrogens with one attached hydrogen (secondary N) is 2. The number of hydrogen-bond donors (Lipinski definition) is 6. The number of fused-ring (bicyclic) bond motifs is 1. The minimum absolute atomic E-state index is 0. The van der Waals surface area contributed by atoms with Crippen molar-refractivity contribution in [2.24, 2.45) is 0 Å². The van der Waals surface area contributed by atoms with Crippen LogP contribution in [0.25, 0.3) is 11.2 Å². The second-order valence-corrected chi connectivity index (χ2v) is 6.73. The maximum Gasteiger partial charge on any atom is 0.326 e. The van der Waals surface area contributed by atoms with Gasteiger partial charge in [0.25, 0.3) is 5.91 Å². The van der Waals surface area contributed by atoms with Gasteiger partial charge in [-0.3, -0.25) is 9.59 Å². The fraction of sp³-hybridized carbons (Fsp3) is 0.211. The zero-order valence-electron chi connectivity index (χ0n) is 17.6. The molecule has 0 bridgehead atoms. The Morgan fingerprint density at radius 2 is 1.73 bits per heavy atom. The van der Waals surface area contributed by atoms with Crippen LogP contribution in [0.1, 0.15) is 28.9 Å². The number of aliphatic carboxylic acids is 2. The van der Waals surface area contributed by atoms with E-state index in [4.69, 9.17) is 21.7 Å². The van der Waals surface area contributed by atoms with Gasteiger partial charge in [0, 0.05) is 47.2 Å². The molecule has 1 amide bonds. The Morgan fingerprint density at radius 3 is 2.36 bits per heavy atom. The molecule has 0 aliphatic carbocycles. The van der Waals surface area contributed by atoms with Crippen molar-refractivity contribution in [3.8, 4) is 0 Å². The number of benzene rings is 1. The van der Waals surface area contributed by atoms with E-state index < -0.39 is 23.9 Å². The first-order chi connectivity index (χ1) is 15.2. The molecule has 14 heteroatoms. The van der Waals surface area contributed by atoms with Crippen molar-refractivity contribution < 1.29 is 24.6 Å². The van der Waals surface area contributed by atoms with Gasteiger partial charge in [-0.2, -0.15) is 9.97 Å². The molecule has 2 aromatic heterocycles. The molecule has 1 atom stereocenters. The van der Waals surface area contributed by atoms with Crippen molar-refractivity contribution in [1.29, 1.82) is 0 Å². The summed E-state index contributed by atoms with van der Waals surface area (Å²) in [5.74, 6) is -2.93. The van der Waals surface area contributed by atoms with Gasteiger partial charge in [0.05, 0.1) is 18.4 Å². The number of nitrogens with zero attached hydrogens (tertiary/aromatic N) is 4. The van der Waals surface area contributed by atoms with Gasteiger partial charge in [-0.15, -0.1) is 0 Å². The first-order valence-corrected chi connectivity index (χ1v) is 9.37. The van der Waals surface area contributed by atoms with Crippen molar-refractivity contribution in [3.05, 3.63) is 41.7 Å². The molecule has 0 saturated heterocycles. The quantitative estimate of drug-likeness (QED) is 0.228. The van der Waals surface area contributed by atoms with Gasteiger partial charge < -0.3 is 32.3 Å². The maximum absolute atomic E-state index is 12.3. The van der Waals surface area contributed by atoms with E-state index in [1.807, 2.05) is 0 Å². The second kappa shape index (κ2) is 11.4. The third-order valence-corrected chi connectivity index (χ3v) is 4.37. The van der Waals surface area contributed by atoms with Crippen molar-refractivity contribution in [2.75, 3.05) is 16.8 Å². The van der Waals surface area contributed by atoms with E-state index >= 15 is 0 Å². The van der Waals surface area contributed by atoms with Gasteiger partial charge in [-0.05, 0) is 30.7 Å². The van der Waals surface area contributed by atoms with Gasteiger partial charge in [-0.25, -0.2) is 14.8 Å². The largest absolute Gasteiger partial charge is 0.481 e. The number of nitrogens with two attached hydrogens (primary N) is 2. The Kier molecular flexibility index (Phi) is 8.85. The van der Waals surface area contributed by atoms with Gasteiger partial charge in [0.2, 0.25) is 5.95 Å². The summed E-state index contributed by atoms with van der Waals surface area (Å²) >= 11 is 0. The molecule has 1 radical (unpaired) electrons. The number of rotatable bonds is 9. The Bertz CT molecular complexity index is 1170. The van der Waals surface area contributed by atoms with Crippen molar-refractivity contribution in [1.82, 2.24) is 25.3 Å². The zero-order valence-corrected chi connectivity index (χ0v) is 19.6. The van der Waals surface area contributed by atoms with Crippen LogP contribution in [-0.2, 0) is 16.1 Å². The normalized spacial score (nSPS) is 11.3. The van der Waals surface area contributed by atoms with Crippen LogP contribution in [-0.4, -0.2) is 83.6 Å². The molecule has 33 heavy (non-hydrogen) atoms. The van der Waals surface area contributed by atoms with Crippen LogP contribution >= 0.6 is 0 Å². The fourth-order valence-electron chi connectivity index (χ4n) is 2.77. The zero-order chi connectivity index (χ0) is 23.3. The predicted molar refractivity (Wildman–Crippen MR) is 119 cm³/mol. The summed E-state index contributed by atoms with van der Waals surface area (Å²) in [6, 6.07) is 4.99. The van der Waals surface area contributed by atoms with E-state index in [1.54, 1.807) is 12.1 Å². The Morgan fingerprint density at radius 1 is 1.03 bits per heavy atom. The summed E-state index contributed by atoms with van der Waals surface area (Å²) in [6.45, 7) is 0.300. The molecule has 0 aliphatic heterocycles. The topological polar surface area (TPSA) is 219 Å². The number of carbonyl (C=O) groups is 3. The van der Waals surface area contributed by atoms with Gasteiger partial charge in [0.15, 0.2) is 17.0 Å². The standard InChI is InChI=1S/C19H20N8O5.Na/c20-15-14-16(27-19(21)26-15)23-8-11(24-14)7-22-10-3-1-9(2-4-10)17(30)25-12(18(31)32)5-6-13(28)29;/h1-4,8,12,22H,5-7H2,(H,25,30)(H,28,29)(H,31,32)(H4,20,21,23,26,27);/t12-;/m0./s1. The number of anilines is 3. The smallest absolute Gasteiger partial charge is 0.326 e. The van der Waals surface area contributed by atoms with Crippen LogP contribution in [0.2, 0.25) is 0 Å². The molecule has 2 heterocycles. The number of carboxylic acids is 2. The van der Waals surface area contributed by atoms with Crippen molar-refractivity contribution in [3.63, 3.8) is 0 Å². The van der Waals surface area contributed by atoms with Crippen LogP contribution in [0.3, 0.4) is 0 Å². The first kappa shape index (κ1) is 25.7. The van der Waals surface area contributed by atoms with Gasteiger partial charge in [-0.1, -0.05) is 0 Å². The summed E-state index contributed by atoms with van der Waals surface area (Å²) in [5.41, 5.74) is 13.4. The fourth-order valence-corrected chi connectivity index (χ4v) is 2.77. The summed E-state index contributed by atoms with van der Waals surface area (Å²) in [4.78, 5) is 50.5. The van der Waals surface area contributed by atoms with Crippen LogP contribution in [0.5, 0.6) is 0 Å². The van der Waals surface area contributed by atoms with Crippen molar-refractivity contribution >= 4 is 76.0 Å². The molecule has 0 spiro atoms. The van der Waals surface area contributed by atoms with E-state index in [0.717, 1.165) is 0 Å². The molecular weight excluding hydrogens is 443 g/mol. The van der Waals surface area contributed by atoms with Crippen LogP contribution in [0.15, 0.2) is 30.5 Å². The number of amides is 1. The van der Waals surface area contributed by atoms with Crippen molar-refractivity contribution in [2.45, 2.75) is 25.4 Å². The molecular formula is C19H20N8NaO5. The van der Waals surface area contributed by atoms with Crippen LogP contribution in [0, 0.1) is 0 Å². The Hall–Kier alpha value is -3.55. The molecule has 0 aliphatic rings. The predicted octanol–water partition coefficient (Wildman–Crippen LogP) is -0.137. The van der Waals surface area contributed by atoms with E-state index in [2.05, 4.69) is 30.6 Å². The molecule has 8 N–H and O–H groups in total. The molecule has 0 saturated carbocycles. The third-order valence-electron chi connectivity index (χ3n) is 4.37. The number of nitrogen functional groups attached to an aromatic ring is 2. The van der Waals surface area contributed by atoms with Crippen LogP contribution in [0.4, 0.5) is 17.5 Å². The van der Waals surface area contributed by atoms with E-state index in [-0.39, 0.29) is 65.4 Å². The Balaban J connectivity index is 0.00000385. The third kappa shape index (κ3) is 6.97. The molecule has 167 valence electrons. The number of aromatic nitrogens is 4.